The van der Waals surface area contributed by atoms with Gasteiger partial charge in [0.1, 0.15) is 4.90 Å². The van der Waals surface area contributed by atoms with Crippen LogP contribution in [0.25, 0.3) is 0 Å². The number of benzene rings is 1. The zero-order chi connectivity index (χ0) is 15.8. The summed E-state index contributed by atoms with van der Waals surface area (Å²) in [5, 5.41) is 5.06. The Bertz CT molecular complexity index is 737. The molecule has 1 aromatic rings. The molecule has 8 nitrogen and oxygen atoms in total. The van der Waals surface area contributed by atoms with Gasteiger partial charge in [-0.2, -0.15) is 4.31 Å². The number of nitrogens with zero attached hydrogens (tertiary/aromatic N) is 2. The number of primary sulfonamides is 1. The Morgan fingerprint density at radius 1 is 1.05 bits per heavy atom. The summed E-state index contributed by atoms with van der Waals surface area (Å²) in [5.41, 5.74) is 6.55. The van der Waals surface area contributed by atoms with Crippen molar-refractivity contribution in [2.24, 2.45) is 5.14 Å². The Morgan fingerprint density at radius 2 is 1.62 bits per heavy atom. The van der Waals surface area contributed by atoms with Crippen LogP contribution in [-0.2, 0) is 20.0 Å². The fourth-order valence-electron chi connectivity index (χ4n) is 2.27. The van der Waals surface area contributed by atoms with E-state index in [1.807, 2.05) is 4.90 Å². The maximum absolute atomic E-state index is 11.4. The van der Waals surface area contributed by atoms with E-state index in [1.165, 1.54) is 22.7 Å². The first kappa shape index (κ1) is 16.0. The van der Waals surface area contributed by atoms with Crippen molar-refractivity contribution in [3.8, 4) is 0 Å². The predicted octanol–water partition coefficient (Wildman–Crippen LogP) is -1.00. The first-order valence-electron chi connectivity index (χ1n) is 6.21. The minimum absolute atomic E-state index is 0.0838. The Hall–Kier alpha value is -1.36. The molecule has 21 heavy (non-hydrogen) atoms. The van der Waals surface area contributed by atoms with Crippen molar-refractivity contribution in [1.82, 2.24) is 4.31 Å². The van der Waals surface area contributed by atoms with E-state index >= 15 is 0 Å². The van der Waals surface area contributed by atoms with E-state index < -0.39 is 20.0 Å². The first-order valence-corrected chi connectivity index (χ1v) is 9.61. The summed E-state index contributed by atoms with van der Waals surface area (Å²) in [7, 11) is -7.02. The summed E-state index contributed by atoms with van der Waals surface area (Å²) >= 11 is 0. The maximum Gasteiger partial charge on any atom is 0.240 e. The number of nitrogens with two attached hydrogens (primary N) is 2. The van der Waals surface area contributed by atoms with Crippen LogP contribution >= 0.6 is 0 Å². The van der Waals surface area contributed by atoms with E-state index in [2.05, 4.69) is 0 Å². The van der Waals surface area contributed by atoms with Crippen molar-refractivity contribution in [1.29, 1.82) is 0 Å². The van der Waals surface area contributed by atoms with E-state index in [0.29, 0.717) is 26.2 Å². The molecular weight excluding hydrogens is 316 g/mol. The van der Waals surface area contributed by atoms with Gasteiger partial charge in [-0.25, -0.2) is 22.0 Å². The number of rotatable bonds is 3. The molecule has 0 aliphatic carbocycles. The first-order chi connectivity index (χ1) is 9.59. The molecule has 0 atom stereocenters. The third-order valence-electron chi connectivity index (χ3n) is 3.37. The van der Waals surface area contributed by atoms with E-state index in [1.54, 1.807) is 6.07 Å². The molecule has 2 rings (SSSR count). The highest BCUT2D eigenvalue weighted by Crippen LogP contribution is 2.25. The van der Waals surface area contributed by atoms with Gasteiger partial charge >= 0.3 is 0 Å². The topological polar surface area (TPSA) is 127 Å². The van der Waals surface area contributed by atoms with Crippen LogP contribution in [0.4, 0.5) is 11.4 Å². The van der Waals surface area contributed by atoms with Gasteiger partial charge in [0.15, 0.2) is 0 Å². The molecule has 0 saturated carbocycles. The molecule has 0 aromatic heterocycles. The molecule has 0 radical (unpaired) electrons. The van der Waals surface area contributed by atoms with Crippen molar-refractivity contribution in [2.45, 2.75) is 4.90 Å². The molecule has 10 heteroatoms. The average Bonchev–Trinajstić information content (AvgIpc) is 2.36. The van der Waals surface area contributed by atoms with Crippen molar-refractivity contribution >= 4 is 31.4 Å². The molecule has 1 aromatic carbocycles. The lowest BCUT2D eigenvalue weighted by molar-refractivity contribution is 0.388. The summed E-state index contributed by atoms with van der Waals surface area (Å²) in [6, 6.07) is 4.52. The molecule has 1 saturated heterocycles. The molecule has 0 bridgehead atoms. The van der Waals surface area contributed by atoms with E-state index in [9.17, 15) is 16.8 Å². The van der Waals surface area contributed by atoms with Gasteiger partial charge in [-0.3, -0.25) is 0 Å². The van der Waals surface area contributed by atoms with Crippen molar-refractivity contribution < 1.29 is 16.8 Å². The minimum Gasteiger partial charge on any atom is -0.398 e. The lowest BCUT2D eigenvalue weighted by Gasteiger charge is -2.34. The molecule has 1 aliphatic rings. The van der Waals surface area contributed by atoms with Gasteiger partial charge in [-0.15, -0.1) is 0 Å². The molecule has 0 spiro atoms. The van der Waals surface area contributed by atoms with Crippen molar-refractivity contribution in [2.75, 3.05) is 43.1 Å². The van der Waals surface area contributed by atoms with Crippen LogP contribution in [0.3, 0.4) is 0 Å². The lowest BCUT2D eigenvalue weighted by Crippen LogP contribution is -2.48. The van der Waals surface area contributed by atoms with Crippen LogP contribution in [0.2, 0.25) is 0 Å². The average molecular weight is 334 g/mol. The fraction of sp³-hybridized carbons (Fsp3) is 0.455. The third-order valence-corrected chi connectivity index (χ3v) is 5.66. The second kappa shape index (κ2) is 5.44. The molecule has 1 aliphatic heterocycles. The molecular formula is C11H18N4O4S2. The molecule has 118 valence electrons. The lowest BCUT2D eigenvalue weighted by atomic mass is 10.2. The Morgan fingerprint density at radius 3 is 2.05 bits per heavy atom. The molecule has 4 N–H and O–H groups in total. The van der Waals surface area contributed by atoms with E-state index in [0.717, 1.165) is 5.69 Å². The highest BCUT2D eigenvalue weighted by Gasteiger charge is 2.24. The van der Waals surface area contributed by atoms with Gasteiger partial charge in [0.2, 0.25) is 20.0 Å². The smallest absolute Gasteiger partial charge is 0.240 e. The summed E-state index contributed by atoms with van der Waals surface area (Å²) in [5.74, 6) is 0. The Labute approximate surface area is 124 Å². The summed E-state index contributed by atoms with van der Waals surface area (Å²) < 4.78 is 46.9. The van der Waals surface area contributed by atoms with Gasteiger partial charge in [0, 0.05) is 31.9 Å². The number of piperazine rings is 1. The normalized spacial score (nSPS) is 17.9. The number of sulfonamides is 2. The van der Waals surface area contributed by atoms with Crippen LogP contribution in [0, 0.1) is 0 Å². The van der Waals surface area contributed by atoms with Gasteiger partial charge in [-0.05, 0) is 18.2 Å². The quantitative estimate of drug-likeness (QED) is 0.683. The fourth-order valence-corrected chi connectivity index (χ4v) is 3.74. The van der Waals surface area contributed by atoms with Gasteiger partial charge < -0.3 is 10.6 Å². The van der Waals surface area contributed by atoms with Crippen LogP contribution in [-0.4, -0.2) is 53.6 Å². The number of nitrogen functional groups attached to an aromatic ring is 1. The largest absolute Gasteiger partial charge is 0.398 e. The summed E-state index contributed by atoms with van der Waals surface area (Å²) in [4.78, 5) is 1.84. The highest BCUT2D eigenvalue weighted by molar-refractivity contribution is 7.89. The van der Waals surface area contributed by atoms with Gasteiger partial charge in [-0.1, -0.05) is 0 Å². The van der Waals surface area contributed by atoms with Crippen LogP contribution in [0.5, 0.6) is 0 Å². The number of anilines is 2. The maximum atomic E-state index is 11.4. The Kier molecular flexibility index (Phi) is 4.15. The Balaban J connectivity index is 2.17. The van der Waals surface area contributed by atoms with E-state index in [4.69, 9.17) is 10.9 Å². The standard InChI is InChI=1S/C11H18N4O4S2/c1-20(16,17)15-6-4-14(5-7-15)9-2-3-11(10(12)8-9)21(13,18)19/h2-3,8H,4-7,12H2,1H3,(H2,13,18,19). The van der Waals surface area contributed by atoms with Crippen molar-refractivity contribution in [3.05, 3.63) is 18.2 Å². The molecule has 1 heterocycles. The molecule has 0 amide bonds. The summed E-state index contributed by atoms with van der Waals surface area (Å²) in [6.07, 6.45) is 1.18. The molecule has 0 unspecified atom stereocenters. The van der Waals surface area contributed by atoms with Crippen LogP contribution in [0.15, 0.2) is 23.1 Å². The zero-order valence-corrected chi connectivity index (χ0v) is 13.2. The van der Waals surface area contributed by atoms with Crippen LogP contribution < -0.4 is 15.8 Å². The monoisotopic (exact) mass is 334 g/mol. The van der Waals surface area contributed by atoms with Gasteiger partial charge in [0.25, 0.3) is 0 Å². The SMILES string of the molecule is CS(=O)(=O)N1CCN(c2ccc(S(N)(=O)=O)c(N)c2)CC1. The van der Waals surface area contributed by atoms with E-state index in [-0.39, 0.29) is 10.6 Å². The molecule has 1 fully saturated rings. The third kappa shape index (κ3) is 3.64. The number of hydrogen-bond acceptors (Lipinski definition) is 6. The second-order valence-corrected chi connectivity index (χ2v) is 8.43. The highest BCUT2D eigenvalue weighted by atomic mass is 32.2. The second-order valence-electron chi connectivity index (χ2n) is 4.92. The number of hydrogen-bond donors (Lipinski definition) is 2. The minimum atomic E-state index is -3.84. The summed E-state index contributed by atoms with van der Waals surface area (Å²) in [6.45, 7) is 1.80. The predicted molar refractivity (Wildman–Crippen MR) is 80.9 cm³/mol. The van der Waals surface area contributed by atoms with Crippen molar-refractivity contribution in [3.63, 3.8) is 0 Å². The van der Waals surface area contributed by atoms with Crippen LogP contribution in [0.1, 0.15) is 0 Å². The van der Waals surface area contributed by atoms with Gasteiger partial charge in [0.05, 0.1) is 11.9 Å². The zero-order valence-electron chi connectivity index (χ0n) is 11.6.